The summed E-state index contributed by atoms with van der Waals surface area (Å²) in [6, 6.07) is 13.5. The molecular formula is C19H22N2O3. The maximum Gasteiger partial charge on any atom is 0.263 e. The quantitative estimate of drug-likeness (QED) is 0.933. The number of nitrogens with one attached hydrogen (secondary N) is 1. The summed E-state index contributed by atoms with van der Waals surface area (Å²) >= 11 is 0. The third-order valence-corrected chi connectivity index (χ3v) is 4.79. The lowest BCUT2D eigenvalue weighted by atomic mass is 9.74. The average Bonchev–Trinajstić information content (AvgIpc) is 2.63. The van der Waals surface area contributed by atoms with Gasteiger partial charge in [0.25, 0.3) is 11.5 Å². The van der Waals surface area contributed by atoms with Crippen molar-refractivity contribution in [2.24, 2.45) is 7.05 Å². The zero-order valence-corrected chi connectivity index (χ0v) is 13.8. The van der Waals surface area contributed by atoms with Crippen LogP contribution < -0.4 is 10.9 Å². The van der Waals surface area contributed by atoms with Gasteiger partial charge < -0.3 is 14.6 Å². The Hall–Kier alpha value is -2.40. The Balaban J connectivity index is 1.80. The molecule has 0 radical (unpaired) electrons. The number of amides is 1. The van der Waals surface area contributed by atoms with Gasteiger partial charge in [-0.25, -0.2) is 0 Å². The number of hydrogen-bond donors (Lipinski definition) is 1. The van der Waals surface area contributed by atoms with Crippen LogP contribution >= 0.6 is 0 Å². The zero-order valence-electron chi connectivity index (χ0n) is 13.8. The number of rotatable bonds is 4. The molecule has 1 aliphatic rings. The van der Waals surface area contributed by atoms with Crippen molar-refractivity contribution in [2.75, 3.05) is 19.8 Å². The lowest BCUT2D eigenvalue weighted by molar-refractivity contribution is 0.0487. The predicted molar refractivity (Wildman–Crippen MR) is 92.2 cm³/mol. The second-order valence-corrected chi connectivity index (χ2v) is 6.28. The Labute approximate surface area is 141 Å². The van der Waals surface area contributed by atoms with E-state index in [1.54, 1.807) is 25.4 Å². The summed E-state index contributed by atoms with van der Waals surface area (Å²) in [6.45, 7) is 1.85. The summed E-state index contributed by atoms with van der Waals surface area (Å²) in [4.78, 5) is 24.6. The molecule has 1 amide bonds. The van der Waals surface area contributed by atoms with Gasteiger partial charge in [0.1, 0.15) is 5.56 Å². The second kappa shape index (κ2) is 7.01. The fraction of sp³-hybridized carbons (Fsp3) is 0.368. The third kappa shape index (κ3) is 3.26. The molecule has 3 rings (SSSR count). The molecule has 5 nitrogen and oxygen atoms in total. The van der Waals surface area contributed by atoms with Crippen molar-refractivity contribution in [2.45, 2.75) is 18.3 Å². The summed E-state index contributed by atoms with van der Waals surface area (Å²) in [6.07, 6.45) is 3.34. The number of carbonyl (C=O) groups is 1. The molecule has 24 heavy (non-hydrogen) atoms. The van der Waals surface area contributed by atoms with Crippen LogP contribution in [0.2, 0.25) is 0 Å². The molecule has 126 valence electrons. The highest BCUT2D eigenvalue weighted by Gasteiger charge is 2.34. The van der Waals surface area contributed by atoms with E-state index in [9.17, 15) is 9.59 Å². The maximum atomic E-state index is 12.5. The second-order valence-electron chi connectivity index (χ2n) is 6.28. The largest absolute Gasteiger partial charge is 0.381 e. The minimum absolute atomic E-state index is 0.144. The van der Waals surface area contributed by atoms with E-state index in [1.807, 2.05) is 18.2 Å². The zero-order chi connectivity index (χ0) is 17.0. The monoisotopic (exact) mass is 326 g/mol. The number of nitrogens with zero attached hydrogens (tertiary/aromatic N) is 1. The highest BCUT2D eigenvalue weighted by Crippen LogP contribution is 2.34. The fourth-order valence-electron chi connectivity index (χ4n) is 3.24. The van der Waals surface area contributed by atoms with E-state index >= 15 is 0 Å². The van der Waals surface area contributed by atoms with Gasteiger partial charge in [-0.15, -0.1) is 0 Å². The minimum atomic E-state index is -0.321. The molecule has 1 fully saturated rings. The molecule has 0 spiro atoms. The predicted octanol–water partition coefficient (Wildman–Crippen LogP) is 1.86. The van der Waals surface area contributed by atoms with Crippen LogP contribution in [0.1, 0.15) is 28.8 Å². The Morgan fingerprint density at radius 1 is 1.17 bits per heavy atom. The minimum Gasteiger partial charge on any atom is -0.381 e. The van der Waals surface area contributed by atoms with E-state index in [0.717, 1.165) is 12.8 Å². The topological polar surface area (TPSA) is 60.3 Å². The summed E-state index contributed by atoms with van der Waals surface area (Å²) in [5, 5.41) is 2.97. The molecule has 1 aliphatic heterocycles. The SMILES string of the molecule is Cn1cccc(C(=O)NCC2(c3ccccc3)CCOCC2)c1=O. The highest BCUT2D eigenvalue weighted by atomic mass is 16.5. The van der Waals surface area contributed by atoms with E-state index in [4.69, 9.17) is 4.74 Å². The molecule has 2 heterocycles. The van der Waals surface area contributed by atoms with Crippen molar-refractivity contribution in [3.8, 4) is 0 Å². The van der Waals surface area contributed by atoms with Gasteiger partial charge in [0.2, 0.25) is 0 Å². The average molecular weight is 326 g/mol. The van der Waals surface area contributed by atoms with Gasteiger partial charge in [0, 0.05) is 38.4 Å². The summed E-state index contributed by atoms with van der Waals surface area (Å²) < 4.78 is 6.92. The van der Waals surface area contributed by atoms with Crippen molar-refractivity contribution >= 4 is 5.91 Å². The van der Waals surface area contributed by atoms with Crippen LogP contribution in [-0.2, 0) is 17.2 Å². The first-order valence-corrected chi connectivity index (χ1v) is 8.19. The van der Waals surface area contributed by atoms with Crippen LogP contribution in [0.15, 0.2) is 53.5 Å². The third-order valence-electron chi connectivity index (χ3n) is 4.79. The first-order chi connectivity index (χ1) is 11.6. The van der Waals surface area contributed by atoms with Crippen LogP contribution in [0, 0.1) is 0 Å². The summed E-state index contributed by atoms with van der Waals surface area (Å²) in [5.74, 6) is -0.321. The number of carbonyl (C=O) groups excluding carboxylic acids is 1. The smallest absolute Gasteiger partial charge is 0.263 e. The van der Waals surface area contributed by atoms with Gasteiger partial charge in [-0.3, -0.25) is 9.59 Å². The number of benzene rings is 1. The van der Waals surface area contributed by atoms with E-state index in [2.05, 4.69) is 17.4 Å². The molecule has 1 aromatic heterocycles. The molecule has 1 N–H and O–H groups in total. The molecule has 0 atom stereocenters. The van der Waals surface area contributed by atoms with Crippen molar-refractivity contribution in [1.82, 2.24) is 9.88 Å². The van der Waals surface area contributed by atoms with Crippen molar-refractivity contribution in [3.63, 3.8) is 0 Å². The Morgan fingerprint density at radius 3 is 2.58 bits per heavy atom. The van der Waals surface area contributed by atoms with Crippen LogP contribution in [-0.4, -0.2) is 30.2 Å². The van der Waals surface area contributed by atoms with Crippen molar-refractivity contribution in [1.29, 1.82) is 0 Å². The van der Waals surface area contributed by atoms with Crippen LogP contribution in [0.25, 0.3) is 0 Å². The van der Waals surface area contributed by atoms with E-state index in [0.29, 0.717) is 19.8 Å². The molecule has 5 heteroatoms. The van der Waals surface area contributed by atoms with Gasteiger partial charge in [0.05, 0.1) is 0 Å². The molecule has 0 bridgehead atoms. The van der Waals surface area contributed by atoms with Gasteiger partial charge in [-0.2, -0.15) is 0 Å². The van der Waals surface area contributed by atoms with Gasteiger partial charge in [-0.05, 0) is 30.5 Å². The lowest BCUT2D eigenvalue weighted by Crippen LogP contribution is -2.45. The van der Waals surface area contributed by atoms with Crippen molar-refractivity contribution < 1.29 is 9.53 Å². The maximum absolute atomic E-state index is 12.5. The number of aromatic nitrogens is 1. The van der Waals surface area contributed by atoms with Gasteiger partial charge in [-0.1, -0.05) is 30.3 Å². The molecule has 0 unspecified atom stereocenters. The number of hydrogen-bond acceptors (Lipinski definition) is 3. The molecule has 1 saturated heterocycles. The van der Waals surface area contributed by atoms with E-state index < -0.39 is 0 Å². The highest BCUT2D eigenvalue weighted by molar-refractivity contribution is 5.93. The molecular weight excluding hydrogens is 304 g/mol. The molecule has 2 aromatic rings. The first-order valence-electron chi connectivity index (χ1n) is 8.19. The molecule has 0 saturated carbocycles. The fourth-order valence-corrected chi connectivity index (χ4v) is 3.24. The lowest BCUT2D eigenvalue weighted by Gasteiger charge is -2.38. The first kappa shape index (κ1) is 16.5. The Kier molecular flexibility index (Phi) is 4.81. The Morgan fingerprint density at radius 2 is 1.88 bits per heavy atom. The molecule has 0 aliphatic carbocycles. The number of aryl methyl sites for hydroxylation is 1. The van der Waals surface area contributed by atoms with Gasteiger partial charge >= 0.3 is 0 Å². The van der Waals surface area contributed by atoms with Gasteiger partial charge in [0.15, 0.2) is 0 Å². The molecule has 1 aromatic carbocycles. The normalized spacial score (nSPS) is 16.5. The summed E-state index contributed by atoms with van der Waals surface area (Å²) in [5.41, 5.74) is 0.954. The van der Waals surface area contributed by atoms with Crippen LogP contribution in [0.5, 0.6) is 0 Å². The standard InChI is InChI=1S/C19H22N2O3/c1-21-11-5-8-16(18(21)23)17(22)20-14-19(9-12-24-13-10-19)15-6-3-2-4-7-15/h2-8,11H,9-10,12-14H2,1H3,(H,20,22). The Bertz CT molecular complexity index is 762. The van der Waals surface area contributed by atoms with E-state index in [-0.39, 0.29) is 22.4 Å². The summed E-state index contributed by atoms with van der Waals surface area (Å²) in [7, 11) is 1.64. The van der Waals surface area contributed by atoms with E-state index in [1.165, 1.54) is 10.1 Å². The number of ether oxygens (including phenoxy) is 1. The van der Waals surface area contributed by atoms with Crippen molar-refractivity contribution in [3.05, 3.63) is 70.1 Å². The van der Waals surface area contributed by atoms with Crippen LogP contribution in [0.4, 0.5) is 0 Å². The van der Waals surface area contributed by atoms with Crippen LogP contribution in [0.3, 0.4) is 0 Å². The number of pyridine rings is 1.